The summed E-state index contributed by atoms with van der Waals surface area (Å²) in [5.74, 6) is 0.0435. The van der Waals surface area contributed by atoms with Gasteiger partial charge in [-0.3, -0.25) is 9.89 Å². The number of nitrogens with one attached hydrogen (secondary N) is 1. The van der Waals surface area contributed by atoms with Crippen molar-refractivity contribution in [1.29, 1.82) is 0 Å². The highest BCUT2D eigenvalue weighted by Crippen LogP contribution is 2.25. The van der Waals surface area contributed by atoms with Crippen molar-refractivity contribution in [1.82, 2.24) is 20.0 Å². The number of fused-ring (bicyclic) bond motifs is 1. The number of aryl methyl sites for hydroxylation is 1. The second-order valence-electron chi connectivity index (χ2n) is 6.42. The Kier molecular flexibility index (Phi) is 3.63. The molecule has 0 unspecified atom stereocenters. The van der Waals surface area contributed by atoms with E-state index in [9.17, 15) is 9.59 Å². The van der Waals surface area contributed by atoms with Gasteiger partial charge in [0.1, 0.15) is 6.61 Å². The number of carbonyl (C=O) groups is 2. The Balaban J connectivity index is 1.51. The van der Waals surface area contributed by atoms with E-state index < -0.39 is 0 Å². The highest BCUT2D eigenvalue weighted by molar-refractivity contribution is 6.07. The number of rotatable bonds is 2. The summed E-state index contributed by atoms with van der Waals surface area (Å²) >= 11 is 0. The van der Waals surface area contributed by atoms with E-state index in [1.165, 1.54) is 0 Å². The molecule has 0 saturated carbocycles. The first kappa shape index (κ1) is 15.0. The normalized spacial score (nSPS) is 19.1. The SMILES string of the molecule is Cc1ccc2[nH]ncc2c1C(=O)N1CCC(N2CCOC2=O)CC1. The molecule has 0 spiro atoms. The third-order valence-electron chi connectivity index (χ3n) is 5.03. The zero-order chi connectivity index (χ0) is 16.7. The molecule has 1 aromatic carbocycles. The molecule has 0 atom stereocenters. The number of amides is 2. The summed E-state index contributed by atoms with van der Waals surface area (Å²) < 4.78 is 5.01. The number of benzene rings is 1. The van der Waals surface area contributed by atoms with E-state index in [1.54, 1.807) is 11.1 Å². The molecule has 0 bridgehead atoms. The minimum atomic E-state index is -0.223. The summed E-state index contributed by atoms with van der Waals surface area (Å²) in [5, 5.41) is 7.83. The highest BCUT2D eigenvalue weighted by Gasteiger charge is 2.33. The maximum Gasteiger partial charge on any atom is 0.410 e. The van der Waals surface area contributed by atoms with Crippen LogP contribution in [-0.4, -0.2) is 64.3 Å². The molecule has 24 heavy (non-hydrogen) atoms. The van der Waals surface area contributed by atoms with Crippen molar-refractivity contribution in [2.24, 2.45) is 0 Å². The maximum absolute atomic E-state index is 13.0. The van der Waals surface area contributed by atoms with E-state index in [0.717, 1.165) is 34.9 Å². The topological polar surface area (TPSA) is 78.5 Å². The largest absolute Gasteiger partial charge is 0.448 e. The molecule has 2 amide bonds. The molecule has 4 rings (SSSR count). The number of nitrogens with zero attached hydrogens (tertiary/aromatic N) is 3. The number of hydrogen-bond acceptors (Lipinski definition) is 4. The number of H-pyrrole nitrogens is 1. The van der Waals surface area contributed by atoms with Gasteiger partial charge in [-0.2, -0.15) is 5.10 Å². The van der Waals surface area contributed by atoms with E-state index in [1.807, 2.05) is 24.0 Å². The van der Waals surface area contributed by atoms with Crippen LogP contribution in [0.25, 0.3) is 10.9 Å². The smallest absolute Gasteiger partial charge is 0.410 e. The van der Waals surface area contributed by atoms with Crippen LogP contribution in [0.3, 0.4) is 0 Å². The molecule has 1 aromatic heterocycles. The molecular weight excluding hydrogens is 308 g/mol. The van der Waals surface area contributed by atoms with E-state index in [-0.39, 0.29) is 18.0 Å². The van der Waals surface area contributed by atoms with Gasteiger partial charge in [0, 0.05) is 24.5 Å². The monoisotopic (exact) mass is 328 g/mol. The standard InChI is InChI=1S/C17H20N4O3/c1-11-2-3-14-13(10-18-19-14)15(11)16(22)20-6-4-12(5-7-20)21-8-9-24-17(21)23/h2-3,10,12H,4-9H2,1H3,(H,18,19). The summed E-state index contributed by atoms with van der Waals surface area (Å²) in [5.41, 5.74) is 2.55. The zero-order valence-electron chi connectivity index (χ0n) is 13.6. The lowest BCUT2D eigenvalue weighted by molar-refractivity contribution is 0.0660. The van der Waals surface area contributed by atoms with Crippen LogP contribution in [0, 0.1) is 6.92 Å². The fourth-order valence-electron chi connectivity index (χ4n) is 3.69. The Morgan fingerprint density at radius 3 is 2.79 bits per heavy atom. The van der Waals surface area contributed by atoms with Crippen molar-refractivity contribution < 1.29 is 14.3 Å². The van der Waals surface area contributed by atoms with Crippen molar-refractivity contribution in [3.63, 3.8) is 0 Å². The second-order valence-corrected chi connectivity index (χ2v) is 6.42. The van der Waals surface area contributed by atoms with Crippen LogP contribution in [0.4, 0.5) is 4.79 Å². The Morgan fingerprint density at radius 2 is 2.08 bits per heavy atom. The van der Waals surface area contributed by atoms with Crippen molar-refractivity contribution in [3.8, 4) is 0 Å². The van der Waals surface area contributed by atoms with Crippen LogP contribution in [0.15, 0.2) is 18.3 Å². The first-order chi connectivity index (χ1) is 11.6. The number of hydrogen-bond donors (Lipinski definition) is 1. The first-order valence-corrected chi connectivity index (χ1v) is 8.30. The number of likely N-dealkylation sites (tertiary alicyclic amines) is 1. The maximum atomic E-state index is 13.0. The number of cyclic esters (lactones) is 1. The summed E-state index contributed by atoms with van der Waals surface area (Å²) in [4.78, 5) is 28.4. The average Bonchev–Trinajstić information content (AvgIpc) is 3.23. The lowest BCUT2D eigenvalue weighted by Gasteiger charge is -2.35. The number of ether oxygens (including phenoxy) is 1. The van der Waals surface area contributed by atoms with Crippen LogP contribution in [0.5, 0.6) is 0 Å². The Labute approximate surface area is 139 Å². The fraction of sp³-hybridized carbons (Fsp3) is 0.471. The van der Waals surface area contributed by atoms with Gasteiger partial charge in [-0.15, -0.1) is 0 Å². The Morgan fingerprint density at radius 1 is 1.29 bits per heavy atom. The van der Waals surface area contributed by atoms with Gasteiger partial charge in [-0.1, -0.05) is 6.07 Å². The second kappa shape index (κ2) is 5.81. The average molecular weight is 328 g/mol. The van der Waals surface area contributed by atoms with Crippen LogP contribution >= 0.6 is 0 Å². The van der Waals surface area contributed by atoms with Crippen LogP contribution in [0.2, 0.25) is 0 Å². The van der Waals surface area contributed by atoms with Gasteiger partial charge >= 0.3 is 6.09 Å². The van der Waals surface area contributed by atoms with Crippen LogP contribution < -0.4 is 0 Å². The summed E-state index contributed by atoms with van der Waals surface area (Å²) in [7, 11) is 0. The quantitative estimate of drug-likeness (QED) is 0.913. The third kappa shape index (κ3) is 2.40. The molecule has 2 aliphatic rings. The molecule has 7 heteroatoms. The molecule has 2 saturated heterocycles. The summed E-state index contributed by atoms with van der Waals surface area (Å²) in [6.07, 6.45) is 3.07. The molecule has 7 nitrogen and oxygen atoms in total. The molecule has 126 valence electrons. The minimum absolute atomic E-state index is 0.0435. The molecule has 0 aliphatic carbocycles. The Bertz CT molecular complexity index is 792. The molecular formula is C17H20N4O3. The predicted molar refractivity (Wildman–Crippen MR) is 87.8 cm³/mol. The molecule has 0 radical (unpaired) electrons. The van der Waals surface area contributed by atoms with E-state index in [4.69, 9.17) is 4.74 Å². The Hall–Kier alpha value is -2.57. The van der Waals surface area contributed by atoms with E-state index >= 15 is 0 Å². The van der Waals surface area contributed by atoms with Gasteiger partial charge in [-0.05, 0) is 31.4 Å². The number of piperidine rings is 1. The van der Waals surface area contributed by atoms with Crippen LogP contribution in [-0.2, 0) is 4.74 Å². The number of aromatic nitrogens is 2. The third-order valence-corrected chi connectivity index (χ3v) is 5.03. The van der Waals surface area contributed by atoms with Gasteiger partial charge in [0.2, 0.25) is 0 Å². The van der Waals surface area contributed by atoms with Gasteiger partial charge in [-0.25, -0.2) is 4.79 Å². The van der Waals surface area contributed by atoms with Crippen LogP contribution in [0.1, 0.15) is 28.8 Å². The van der Waals surface area contributed by atoms with E-state index in [2.05, 4.69) is 10.2 Å². The molecule has 2 aromatic rings. The van der Waals surface area contributed by atoms with Gasteiger partial charge in [0.25, 0.3) is 5.91 Å². The van der Waals surface area contributed by atoms with E-state index in [0.29, 0.717) is 26.2 Å². The molecule has 3 heterocycles. The van der Waals surface area contributed by atoms with Crippen molar-refractivity contribution in [3.05, 3.63) is 29.5 Å². The molecule has 2 fully saturated rings. The lowest BCUT2D eigenvalue weighted by Crippen LogP contribution is -2.47. The number of carbonyl (C=O) groups excluding carboxylic acids is 2. The summed E-state index contributed by atoms with van der Waals surface area (Å²) in [6, 6.07) is 4.07. The van der Waals surface area contributed by atoms with Gasteiger partial charge in [0.05, 0.1) is 23.8 Å². The predicted octanol–water partition coefficient (Wildman–Crippen LogP) is 1.93. The first-order valence-electron chi connectivity index (χ1n) is 8.30. The minimum Gasteiger partial charge on any atom is -0.448 e. The van der Waals surface area contributed by atoms with Crippen molar-refractivity contribution >= 4 is 22.9 Å². The summed E-state index contributed by atoms with van der Waals surface area (Å²) in [6.45, 7) is 4.39. The number of aromatic amines is 1. The lowest BCUT2D eigenvalue weighted by atomic mass is 9.99. The van der Waals surface area contributed by atoms with Crippen molar-refractivity contribution in [2.75, 3.05) is 26.2 Å². The highest BCUT2D eigenvalue weighted by atomic mass is 16.6. The molecule has 1 N–H and O–H groups in total. The van der Waals surface area contributed by atoms with Gasteiger partial charge < -0.3 is 14.5 Å². The van der Waals surface area contributed by atoms with Crippen molar-refractivity contribution in [2.45, 2.75) is 25.8 Å². The van der Waals surface area contributed by atoms with Gasteiger partial charge in [0.15, 0.2) is 0 Å². The fourth-order valence-corrected chi connectivity index (χ4v) is 3.69. The molecule has 2 aliphatic heterocycles. The zero-order valence-corrected chi connectivity index (χ0v) is 13.6.